The number of rotatable bonds is 1. The summed E-state index contributed by atoms with van der Waals surface area (Å²) in [6.07, 6.45) is 0. The molecule has 0 unspecified atom stereocenters. The second kappa shape index (κ2) is 9.08. The number of hydrogen-bond donors (Lipinski definition) is 1. The summed E-state index contributed by atoms with van der Waals surface area (Å²) in [6.45, 7) is 2.22. The van der Waals surface area contributed by atoms with Crippen LogP contribution in [0.5, 0.6) is 0 Å². The van der Waals surface area contributed by atoms with Gasteiger partial charge in [-0.3, -0.25) is 0 Å². The van der Waals surface area contributed by atoms with Gasteiger partial charge in [-0.15, -0.1) is 24.0 Å². The average molecular weight is 405 g/mol. The lowest BCUT2D eigenvalue weighted by Crippen LogP contribution is -2.42. The molecular weight excluding hydrogens is 388 g/mol. The fourth-order valence-electron chi connectivity index (χ4n) is 1.72. The first kappa shape index (κ1) is 17.1. The van der Waals surface area contributed by atoms with E-state index in [0.29, 0.717) is 18.1 Å². The molecule has 2 N–H and O–H groups in total. The molecule has 108 valence electrons. The van der Waals surface area contributed by atoms with Gasteiger partial charge in [0.25, 0.3) is 0 Å². The van der Waals surface area contributed by atoms with E-state index < -0.39 is 0 Å². The minimum atomic E-state index is -0.277. The zero-order valence-corrected chi connectivity index (χ0v) is 14.2. The van der Waals surface area contributed by atoms with E-state index in [2.05, 4.69) is 21.7 Å². The van der Waals surface area contributed by atoms with Crippen molar-refractivity contribution >= 4 is 41.7 Å². The Kier molecular flexibility index (Phi) is 7.77. The largest absolute Gasteiger partial charge is 0.370 e. The number of nitrogens with zero attached hydrogens (tertiary/aromatic N) is 2. The highest BCUT2D eigenvalue weighted by atomic mass is 127. The molecule has 0 atom stereocenters. The van der Waals surface area contributed by atoms with E-state index in [-0.39, 0.29) is 29.8 Å². The van der Waals surface area contributed by atoms with Crippen molar-refractivity contribution in [2.75, 3.05) is 31.1 Å². The number of nitrogens with two attached hydrogens (primary N) is 1. The molecule has 1 aliphatic heterocycles. The summed E-state index contributed by atoms with van der Waals surface area (Å²) in [6, 6.07) is 6.21. The Hall–Kier alpha value is -0.940. The van der Waals surface area contributed by atoms with E-state index >= 15 is 0 Å². The van der Waals surface area contributed by atoms with Crippen LogP contribution in [-0.4, -0.2) is 42.0 Å². The normalized spacial score (nSPS) is 15.1. The minimum Gasteiger partial charge on any atom is -0.370 e. The lowest BCUT2D eigenvalue weighted by atomic mass is 10.2. The molecule has 0 aromatic heterocycles. The monoisotopic (exact) mass is 405 g/mol. The van der Waals surface area contributed by atoms with Gasteiger partial charge in [0.1, 0.15) is 12.4 Å². The molecule has 6 heteroatoms. The molecule has 1 aromatic rings. The van der Waals surface area contributed by atoms with Crippen LogP contribution in [0.25, 0.3) is 0 Å². The molecule has 0 radical (unpaired) electrons. The van der Waals surface area contributed by atoms with Crippen LogP contribution < -0.4 is 5.73 Å². The predicted molar refractivity (Wildman–Crippen MR) is 94.1 cm³/mol. The summed E-state index contributed by atoms with van der Waals surface area (Å²) >= 11 is 1.93. The molecule has 2 rings (SSSR count). The molecule has 1 heterocycles. The van der Waals surface area contributed by atoms with Crippen LogP contribution in [0.3, 0.4) is 0 Å². The minimum absolute atomic E-state index is 0. The topological polar surface area (TPSA) is 41.6 Å². The van der Waals surface area contributed by atoms with E-state index in [4.69, 9.17) is 5.73 Å². The molecule has 0 saturated carbocycles. The van der Waals surface area contributed by atoms with Crippen LogP contribution in [0.1, 0.15) is 5.56 Å². The maximum absolute atomic E-state index is 12.9. The molecule has 1 aromatic carbocycles. The first-order valence-corrected chi connectivity index (χ1v) is 7.28. The Morgan fingerprint density at radius 3 is 2.85 bits per heavy atom. The number of benzene rings is 1. The van der Waals surface area contributed by atoms with E-state index in [1.165, 1.54) is 12.1 Å². The van der Waals surface area contributed by atoms with Crippen molar-refractivity contribution in [3.05, 3.63) is 35.6 Å². The van der Waals surface area contributed by atoms with Crippen LogP contribution in [-0.2, 0) is 0 Å². The summed E-state index contributed by atoms with van der Waals surface area (Å²) in [5.41, 5.74) is 6.55. The number of thioether (sulfide) groups is 1. The molecule has 20 heavy (non-hydrogen) atoms. The zero-order valence-electron chi connectivity index (χ0n) is 11.0. The van der Waals surface area contributed by atoms with Crippen LogP contribution in [0.4, 0.5) is 4.39 Å². The summed E-state index contributed by atoms with van der Waals surface area (Å²) < 4.78 is 12.9. The lowest BCUT2D eigenvalue weighted by Gasteiger charge is -2.26. The number of hydrogen-bond acceptors (Lipinski definition) is 2. The van der Waals surface area contributed by atoms with Gasteiger partial charge in [0.2, 0.25) is 0 Å². The second-order valence-electron chi connectivity index (χ2n) is 4.09. The molecular formula is C14H17FIN3S. The van der Waals surface area contributed by atoms with Crippen molar-refractivity contribution < 1.29 is 4.39 Å². The van der Waals surface area contributed by atoms with Crippen molar-refractivity contribution in [3.8, 4) is 11.8 Å². The maximum atomic E-state index is 12.9. The fraction of sp³-hybridized carbons (Fsp3) is 0.357. The number of aliphatic imine (C=N–C) groups is 1. The summed E-state index contributed by atoms with van der Waals surface area (Å²) in [5.74, 6) is 8.20. The van der Waals surface area contributed by atoms with Crippen molar-refractivity contribution in [3.63, 3.8) is 0 Å². The van der Waals surface area contributed by atoms with Gasteiger partial charge < -0.3 is 10.6 Å². The van der Waals surface area contributed by atoms with E-state index in [9.17, 15) is 4.39 Å². The van der Waals surface area contributed by atoms with Crippen molar-refractivity contribution in [2.24, 2.45) is 10.7 Å². The molecule has 0 amide bonds. The highest BCUT2D eigenvalue weighted by Gasteiger charge is 2.11. The molecule has 3 nitrogen and oxygen atoms in total. The summed E-state index contributed by atoms with van der Waals surface area (Å²) in [7, 11) is 0. The van der Waals surface area contributed by atoms with Gasteiger partial charge in [-0.05, 0) is 18.2 Å². The number of guanidine groups is 1. The van der Waals surface area contributed by atoms with Crippen molar-refractivity contribution in [1.29, 1.82) is 0 Å². The van der Waals surface area contributed by atoms with E-state index in [0.717, 1.165) is 24.6 Å². The third-order valence-electron chi connectivity index (χ3n) is 2.71. The van der Waals surface area contributed by atoms with Crippen molar-refractivity contribution in [1.82, 2.24) is 4.90 Å². The first-order chi connectivity index (χ1) is 9.25. The lowest BCUT2D eigenvalue weighted by molar-refractivity contribution is 0.457. The van der Waals surface area contributed by atoms with Gasteiger partial charge in [-0.25, -0.2) is 9.38 Å². The maximum Gasteiger partial charge on any atom is 0.192 e. The van der Waals surface area contributed by atoms with Crippen LogP contribution in [0.2, 0.25) is 0 Å². The van der Waals surface area contributed by atoms with Crippen molar-refractivity contribution in [2.45, 2.75) is 0 Å². The zero-order chi connectivity index (χ0) is 13.5. The molecule has 0 bridgehead atoms. The van der Waals surface area contributed by atoms with Gasteiger partial charge in [0, 0.05) is 30.2 Å². The first-order valence-electron chi connectivity index (χ1n) is 6.13. The Morgan fingerprint density at radius 2 is 2.15 bits per heavy atom. The number of halogens is 2. The highest BCUT2D eigenvalue weighted by molar-refractivity contribution is 14.0. The Balaban J connectivity index is 0.00000200. The molecule has 1 aliphatic rings. The van der Waals surface area contributed by atoms with Gasteiger partial charge in [0.05, 0.1) is 0 Å². The average Bonchev–Trinajstić information content (AvgIpc) is 2.44. The quantitative estimate of drug-likeness (QED) is 0.337. The van der Waals surface area contributed by atoms with E-state index in [1.54, 1.807) is 12.1 Å². The highest BCUT2D eigenvalue weighted by Crippen LogP contribution is 2.08. The Morgan fingerprint density at radius 1 is 1.40 bits per heavy atom. The fourth-order valence-corrected chi connectivity index (χ4v) is 2.62. The Labute approximate surface area is 140 Å². The standard InChI is InChI=1S/C14H16FN3S.HI/c15-13-5-1-3-12(11-13)4-2-6-17-14(16)18-7-9-19-10-8-18;/h1,3,5,11H,6-10H2,(H2,16,17);1H. The van der Waals surface area contributed by atoms with Crippen LogP contribution >= 0.6 is 35.7 Å². The van der Waals surface area contributed by atoms with Gasteiger partial charge >= 0.3 is 0 Å². The third kappa shape index (κ3) is 5.59. The second-order valence-corrected chi connectivity index (χ2v) is 5.31. The van der Waals surface area contributed by atoms with Crippen LogP contribution in [0, 0.1) is 17.7 Å². The predicted octanol–water partition coefficient (Wildman–Crippen LogP) is 2.16. The smallest absolute Gasteiger partial charge is 0.192 e. The molecule has 1 fully saturated rings. The van der Waals surface area contributed by atoms with Gasteiger partial charge in [0.15, 0.2) is 5.96 Å². The summed E-state index contributed by atoms with van der Waals surface area (Å²) in [5, 5.41) is 0. The Bertz CT molecular complexity index is 519. The van der Waals surface area contributed by atoms with Gasteiger partial charge in [-0.1, -0.05) is 17.9 Å². The molecule has 0 aliphatic carbocycles. The molecule has 0 spiro atoms. The molecule has 1 saturated heterocycles. The van der Waals surface area contributed by atoms with Crippen LogP contribution in [0.15, 0.2) is 29.3 Å². The summed E-state index contributed by atoms with van der Waals surface area (Å²) in [4.78, 5) is 6.30. The SMILES string of the molecule is I.NC(=NCC#Cc1cccc(F)c1)N1CCSCC1. The van der Waals surface area contributed by atoms with Gasteiger partial charge in [-0.2, -0.15) is 11.8 Å². The third-order valence-corrected chi connectivity index (χ3v) is 3.66. The van der Waals surface area contributed by atoms with E-state index in [1.807, 2.05) is 11.8 Å².